The highest BCUT2D eigenvalue weighted by molar-refractivity contribution is 6.19. The largest absolute Gasteiger partial charge is 0.455 e. The highest BCUT2D eigenvalue weighted by Crippen LogP contribution is 2.44. The molecule has 2 nitrogen and oxygen atoms in total. The first-order valence-corrected chi connectivity index (χ1v) is 21.2. The van der Waals surface area contributed by atoms with Crippen LogP contribution in [0.1, 0.15) is 0 Å². The molecule has 12 rings (SSSR count). The van der Waals surface area contributed by atoms with Crippen molar-refractivity contribution < 1.29 is 4.42 Å². The Morgan fingerprint density at radius 2 is 0.823 bits per heavy atom. The maximum atomic E-state index is 6.58. The lowest BCUT2D eigenvalue weighted by atomic mass is 9.93. The number of anilines is 3. The molecular weight excluding hydrogens is 751 g/mol. The summed E-state index contributed by atoms with van der Waals surface area (Å²) in [4.78, 5) is 2.39. The quantitative estimate of drug-likeness (QED) is 0.150. The number of furan rings is 1. The van der Waals surface area contributed by atoms with Crippen molar-refractivity contribution in [2.24, 2.45) is 0 Å². The van der Waals surface area contributed by atoms with Gasteiger partial charge in [0.2, 0.25) is 0 Å². The van der Waals surface area contributed by atoms with Crippen LogP contribution in [-0.2, 0) is 0 Å². The van der Waals surface area contributed by atoms with Gasteiger partial charge >= 0.3 is 0 Å². The van der Waals surface area contributed by atoms with Crippen molar-refractivity contribution in [1.29, 1.82) is 0 Å². The average Bonchev–Trinajstić information content (AvgIpc) is 3.75. The fourth-order valence-electron chi connectivity index (χ4n) is 9.45. The van der Waals surface area contributed by atoms with Gasteiger partial charge in [-0.05, 0) is 132 Å². The molecule has 11 aromatic carbocycles. The molecule has 1 heterocycles. The monoisotopic (exact) mass is 789 g/mol. The molecule has 290 valence electrons. The summed E-state index contributed by atoms with van der Waals surface area (Å²) in [6, 6.07) is 85.5. The van der Waals surface area contributed by atoms with Crippen molar-refractivity contribution in [3.63, 3.8) is 0 Å². The molecular formula is C60H39NO. The van der Waals surface area contributed by atoms with Gasteiger partial charge in [-0.25, -0.2) is 0 Å². The predicted octanol–water partition coefficient (Wildman–Crippen LogP) is 17.2. The van der Waals surface area contributed by atoms with Crippen molar-refractivity contribution in [2.45, 2.75) is 0 Å². The molecule has 0 atom stereocenters. The topological polar surface area (TPSA) is 16.4 Å². The van der Waals surface area contributed by atoms with E-state index in [0.29, 0.717) is 0 Å². The van der Waals surface area contributed by atoms with Gasteiger partial charge in [0, 0.05) is 33.2 Å². The lowest BCUT2D eigenvalue weighted by molar-refractivity contribution is 0.673. The number of benzene rings is 11. The molecule has 0 fully saturated rings. The third-order valence-corrected chi connectivity index (χ3v) is 12.4. The summed E-state index contributed by atoms with van der Waals surface area (Å²) in [5.74, 6) is 0. The molecule has 0 aliphatic rings. The summed E-state index contributed by atoms with van der Waals surface area (Å²) in [6.07, 6.45) is 0. The minimum Gasteiger partial charge on any atom is -0.455 e. The molecule has 0 radical (unpaired) electrons. The van der Waals surface area contributed by atoms with Crippen LogP contribution in [0.5, 0.6) is 0 Å². The Bertz CT molecular complexity index is 3550. The second kappa shape index (κ2) is 14.8. The van der Waals surface area contributed by atoms with Crippen molar-refractivity contribution >= 4 is 71.3 Å². The Hall–Kier alpha value is -8.20. The molecule has 0 N–H and O–H groups in total. The van der Waals surface area contributed by atoms with E-state index in [1.807, 2.05) is 0 Å². The maximum absolute atomic E-state index is 6.58. The van der Waals surface area contributed by atoms with E-state index in [0.717, 1.165) is 66.6 Å². The Balaban J connectivity index is 1.02. The van der Waals surface area contributed by atoms with Crippen molar-refractivity contribution in [3.8, 4) is 44.5 Å². The molecule has 0 aliphatic heterocycles. The summed E-state index contributed by atoms with van der Waals surface area (Å²) in [5, 5.41) is 9.61. The maximum Gasteiger partial charge on any atom is 0.143 e. The van der Waals surface area contributed by atoms with Crippen LogP contribution in [0.25, 0.3) is 98.8 Å². The Morgan fingerprint density at radius 3 is 1.48 bits per heavy atom. The van der Waals surface area contributed by atoms with Gasteiger partial charge in [0.1, 0.15) is 11.2 Å². The molecule has 2 heteroatoms. The van der Waals surface area contributed by atoms with Crippen LogP contribution in [0.2, 0.25) is 0 Å². The first-order chi connectivity index (χ1) is 30.7. The SMILES string of the molecule is c1ccc(-c2cc(-c3ccccc3)cc(N(c3ccc(-c4cc5ccccc5c5ccccc45)cc3)c3ccc(-c4cccc5oc6c7ccccc7ccc6c45)cc3)c2)cc1. The van der Waals surface area contributed by atoms with Gasteiger partial charge < -0.3 is 9.32 Å². The van der Waals surface area contributed by atoms with Gasteiger partial charge in [-0.2, -0.15) is 0 Å². The van der Waals surface area contributed by atoms with Crippen LogP contribution in [-0.4, -0.2) is 0 Å². The highest BCUT2D eigenvalue weighted by atomic mass is 16.3. The van der Waals surface area contributed by atoms with Crippen LogP contribution in [0, 0.1) is 0 Å². The lowest BCUT2D eigenvalue weighted by Gasteiger charge is -2.27. The molecule has 0 bridgehead atoms. The minimum absolute atomic E-state index is 0.894. The molecule has 0 unspecified atom stereocenters. The van der Waals surface area contributed by atoms with E-state index in [1.165, 1.54) is 49.2 Å². The Morgan fingerprint density at radius 1 is 0.274 bits per heavy atom. The summed E-state index contributed by atoms with van der Waals surface area (Å²) < 4.78 is 6.58. The van der Waals surface area contributed by atoms with Gasteiger partial charge in [-0.3, -0.25) is 0 Å². The normalized spacial score (nSPS) is 11.5. The Kier molecular flexibility index (Phi) is 8.53. The van der Waals surface area contributed by atoms with Crippen LogP contribution >= 0.6 is 0 Å². The first-order valence-electron chi connectivity index (χ1n) is 21.2. The van der Waals surface area contributed by atoms with Gasteiger partial charge in [-0.15, -0.1) is 0 Å². The van der Waals surface area contributed by atoms with E-state index in [4.69, 9.17) is 4.42 Å². The average molecular weight is 790 g/mol. The first kappa shape index (κ1) is 35.7. The third kappa shape index (κ3) is 6.12. The summed E-state index contributed by atoms with van der Waals surface area (Å²) in [7, 11) is 0. The smallest absolute Gasteiger partial charge is 0.143 e. The molecule has 0 aliphatic carbocycles. The van der Waals surface area contributed by atoms with E-state index in [2.05, 4.69) is 241 Å². The van der Waals surface area contributed by atoms with Gasteiger partial charge in [0.15, 0.2) is 0 Å². The minimum atomic E-state index is 0.894. The molecule has 12 aromatic rings. The van der Waals surface area contributed by atoms with Crippen molar-refractivity contribution in [2.75, 3.05) is 4.90 Å². The van der Waals surface area contributed by atoms with Crippen molar-refractivity contribution in [1.82, 2.24) is 0 Å². The summed E-state index contributed by atoms with van der Waals surface area (Å²) >= 11 is 0. The number of hydrogen-bond donors (Lipinski definition) is 0. The van der Waals surface area contributed by atoms with Crippen LogP contribution < -0.4 is 4.90 Å². The Labute approximate surface area is 360 Å². The predicted molar refractivity (Wildman–Crippen MR) is 263 cm³/mol. The van der Waals surface area contributed by atoms with Gasteiger partial charge in [0.05, 0.1) is 0 Å². The van der Waals surface area contributed by atoms with Crippen molar-refractivity contribution in [3.05, 3.63) is 237 Å². The number of nitrogens with zero attached hydrogens (tertiary/aromatic N) is 1. The van der Waals surface area contributed by atoms with Crippen LogP contribution in [0.15, 0.2) is 241 Å². The van der Waals surface area contributed by atoms with E-state index < -0.39 is 0 Å². The van der Waals surface area contributed by atoms with Gasteiger partial charge in [-0.1, -0.05) is 176 Å². The summed E-state index contributed by atoms with van der Waals surface area (Å²) in [5.41, 5.74) is 14.4. The molecule has 0 amide bonds. The van der Waals surface area contributed by atoms with Crippen LogP contribution in [0.3, 0.4) is 0 Å². The van der Waals surface area contributed by atoms with Gasteiger partial charge in [0.25, 0.3) is 0 Å². The van der Waals surface area contributed by atoms with E-state index in [1.54, 1.807) is 0 Å². The zero-order valence-corrected chi connectivity index (χ0v) is 33.9. The fraction of sp³-hybridized carbons (Fsp3) is 0. The highest BCUT2D eigenvalue weighted by Gasteiger charge is 2.19. The molecule has 62 heavy (non-hydrogen) atoms. The van der Waals surface area contributed by atoms with E-state index in [9.17, 15) is 0 Å². The fourth-order valence-corrected chi connectivity index (χ4v) is 9.45. The molecule has 0 saturated heterocycles. The van der Waals surface area contributed by atoms with Crippen LogP contribution in [0.4, 0.5) is 17.1 Å². The summed E-state index contributed by atoms with van der Waals surface area (Å²) in [6.45, 7) is 0. The molecule has 0 spiro atoms. The number of rotatable bonds is 7. The number of hydrogen-bond acceptors (Lipinski definition) is 2. The second-order valence-electron chi connectivity index (χ2n) is 16.1. The zero-order valence-electron chi connectivity index (χ0n) is 33.9. The molecule has 0 saturated carbocycles. The zero-order chi connectivity index (χ0) is 41.0. The number of fused-ring (bicyclic) bond motifs is 8. The lowest BCUT2D eigenvalue weighted by Crippen LogP contribution is -2.10. The van der Waals surface area contributed by atoms with E-state index in [-0.39, 0.29) is 0 Å². The third-order valence-electron chi connectivity index (χ3n) is 12.4. The second-order valence-corrected chi connectivity index (χ2v) is 16.1. The van der Waals surface area contributed by atoms with E-state index >= 15 is 0 Å². The molecule has 1 aromatic heterocycles. The standard InChI is InChI=1S/C60H39NO/c1-3-14-40(15-4-1)46-36-47(41-16-5-2-6-17-41)38-50(37-46)61(49-33-28-44(29-34-49)57-39-45-19-8-9-20-51(45)54-22-11-12-23-55(54)57)48-31-26-43(27-32-48)52-24-13-25-58-59(52)56-35-30-42-18-7-10-21-53(42)60(56)62-58/h1-39H.